The fraction of sp³-hybridized carbons (Fsp3) is 0.733. The second-order valence-corrected chi connectivity index (χ2v) is 5.79. The van der Waals surface area contributed by atoms with E-state index in [2.05, 4.69) is 28.6 Å². The Morgan fingerprint density at radius 3 is 2.58 bits per heavy atom. The molecule has 0 aromatic carbocycles. The number of rotatable bonds is 5. The molecule has 2 N–H and O–H groups in total. The second kappa shape index (κ2) is 5.76. The topological polar surface area (TPSA) is 49.8 Å². The average Bonchev–Trinajstić information content (AvgIpc) is 3.24. The molecule has 0 amide bonds. The van der Waals surface area contributed by atoms with Crippen molar-refractivity contribution in [2.75, 3.05) is 17.2 Å². The monoisotopic (exact) mass is 260 g/mol. The summed E-state index contributed by atoms with van der Waals surface area (Å²) >= 11 is 0. The maximum Gasteiger partial charge on any atom is 0.225 e. The van der Waals surface area contributed by atoms with Gasteiger partial charge < -0.3 is 10.6 Å². The molecule has 2 saturated carbocycles. The summed E-state index contributed by atoms with van der Waals surface area (Å²) in [5, 5.41) is 6.86. The normalized spacial score (nSPS) is 20.3. The molecule has 1 heterocycles. The molecular formula is C15H24N4. The van der Waals surface area contributed by atoms with Crippen LogP contribution in [-0.4, -0.2) is 22.6 Å². The van der Waals surface area contributed by atoms with Crippen LogP contribution in [0.2, 0.25) is 0 Å². The summed E-state index contributed by atoms with van der Waals surface area (Å²) in [5.41, 5.74) is 1.21. The smallest absolute Gasteiger partial charge is 0.225 e. The van der Waals surface area contributed by atoms with Crippen LogP contribution >= 0.6 is 0 Å². The lowest BCUT2D eigenvalue weighted by molar-refractivity contribution is 0.460. The van der Waals surface area contributed by atoms with Gasteiger partial charge in [0.05, 0.1) is 5.69 Å². The molecule has 19 heavy (non-hydrogen) atoms. The molecule has 0 atom stereocenters. The van der Waals surface area contributed by atoms with Gasteiger partial charge in [0.1, 0.15) is 5.82 Å². The minimum atomic E-state index is 0.567. The first kappa shape index (κ1) is 12.7. The van der Waals surface area contributed by atoms with E-state index in [0.717, 1.165) is 18.3 Å². The molecule has 2 fully saturated rings. The van der Waals surface area contributed by atoms with E-state index in [4.69, 9.17) is 4.98 Å². The van der Waals surface area contributed by atoms with E-state index in [-0.39, 0.29) is 0 Å². The predicted molar refractivity (Wildman–Crippen MR) is 78.7 cm³/mol. The van der Waals surface area contributed by atoms with Gasteiger partial charge in [-0.25, -0.2) is 4.98 Å². The second-order valence-electron chi connectivity index (χ2n) is 5.79. The van der Waals surface area contributed by atoms with Gasteiger partial charge in [0, 0.05) is 24.6 Å². The Morgan fingerprint density at radius 2 is 1.89 bits per heavy atom. The molecule has 0 bridgehead atoms. The number of hydrogen-bond acceptors (Lipinski definition) is 4. The zero-order chi connectivity index (χ0) is 13.1. The Kier molecular flexibility index (Phi) is 3.85. The van der Waals surface area contributed by atoms with Crippen LogP contribution in [0.25, 0.3) is 0 Å². The highest BCUT2D eigenvalue weighted by Gasteiger charge is 2.26. The quantitative estimate of drug-likeness (QED) is 0.850. The van der Waals surface area contributed by atoms with Gasteiger partial charge in [-0.3, -0.25) is 0 Å². The first-order valence-corrected chi connectivity index (χ1v) is 7.74. The first-order chi connectivity index (χ1) is 9.35. The van der Waals surface area contributed by atoms with Crippen LogP contribution in [0.15, 0.2) is 6.07 Å². The lowest BCUT2D eigenvalue weighted by atomic mass is 9.96. The van der Waals surface area contributed by atoms with E-state index in [1.165, 1.54) is 50.6 Å². The van der Waals surface area contributed by atoms with Gasteiger partial charge in [-0.2, -0.15) is 4.98 Å². The maximum atomic E-state index is 4.71. The highest BCUT2D eigenvalue weighted by atomic mass is 15.2. The van der Waals surface area contributed by atoms with Crippen LogP contribution < -0.4 is 10.6 Å². The van der Waals surface area contributed by atoms with Crippen molar-refractivity contribution in [2.45, 2.75) is 63.8 Å². The summed E-state index contributed by atoms with van der Waals surface area (Å²) in [5.74, 6) is 2.47. The molecule has 1 aromatic rings. The van der Waals surface area contributed by atoms with Crippen molar-refractivity contribution in [1.82, 2.24) is 9.97 Å². The Morgan fingerprint density at radius 1 is 1.11 bits per heavy atom. The van der Waals surface area contributed by atoms with Crippen molar-refractivity contribution in [3.8, 4) is 0 Å². The molecular weight excluding hydrogens is 236 g/mol. The number of nitrogens with zero attached hydrogens (tertiary/aromatic N) is 2. The van der Waals surface area contributed by atoms with E-state index >= 15 is 0 Å². The number of anilines is 2. The molecule has 4 nitrogen and oxygen atoms in total. The molecule has 0 radical (unpaired) electrons. The fourth-order valence-corrected chi connectivity index (χ4v) is 2.82. The van der Waals surface area contributed by atoms with Crippen molar-refractivity contribution < 1.29 is 0 Å². The Hall–Kier alpha value is -1.32. The standard InChI is InChI=1S/C15H24N4/c1-2-16-14-10-13(11-8-9-11)18-15(19-14)17-12-6-4-3-5-7-12/h10-12H,2-9H2,1H3,(H2,16,17,18,19). The number of hydrogen-bond donors (Lipinski definition) is 2. The van der Waals surface area contributed by atoms with E-state index in [0.29, 0.717) is 12.0 Å². The molecule has 0 aliphatic heterocycles. The highest BCUT2D eigenvalue weighted by Crippen LogP contribution is 2.40. The summed E-state index contributed by atoms with van der Waals surface area (Å²) in [4.78, 5) is 9.30. The third kappa shape index (κ3) is 3.37. The van der Waals surface area contributed by atoms with Crippen LogP contribution in [0, 0.1) is 0 Å². The fourth-order valence-electron chi connectivity index (χ4n) is 2.82. The summed E-state index contributed by atoms with van der Waals surface area (Å²) in [6, 6.07) is 2.69. The van der Waals surface area contributed by atoms with Crippen LogP contribution in [0.3, 0.4) is 0 Å². The summed E-state index contributed by atoms with van der Waals surface area (Å²) < 4.78 is 0. The van der Waals surface area contributed by atoms with Crippen molar-refractivity contribution >= 4 is 11.8 Å². The third-order valence-electron chi connectivity index (χ3n) is 4.04. The molecule has 0 unspecified atom stereocenters. The average molecular weight is 260 g/mol. The summed E-state index contributed by atoms with van der Waals surface area (Å²) in [6.07, 6.45) is 9.13. The van der Waals surface area contributed by atoms with Gasteiger partial charge in [0.25, 0.3) is 0 Å². The molecule has 4 heteroatoms. The van der Waals surface area contributed by atoms with Crippen LogP contribution in [-0.2, 0) is 0 Å². The first-order valence-electron chi connectivity index (χ1n) is 7.74. The van der Waals surface area contributed by atoms with Crippen molar-refractivity contribution in [3.05, 3.63) is 11.8 Å². The van der Waals surface area contributed by atoms with Gasteiger partial charge in [-0.15, -0.1) is 0 Å². The van der Waals surface area contributed by atoms with E-state index < -0.39 is 0 Å². The van der Waals surface area contributed by atoms with Gasteiger partial charge >= 0.3 is 0 Å². The van der Waals surface area contributed by atoms with E-state index in [1.807, 2.05) is 0 Å². The minimum absolute atomic E-state index is 0.567. The van der Waals surface area contributed by atoms with Crippen LogP contribution in [0.4, 0.5) is 11.8 Å². The Balaban J connectivity index is 1.74. The molecule has 3 rings (SSSR count). The van der Waals surface area contributed by atoms with Gasteiger partial charge in [0.2, 0.25) is 5.95 Å². The molecule has 104 valence electrons. The predicted octanol–water partition coefficient (Wildman–Crippen LogP) is 3.53. The van der Waals surface area contributed by atoms with Gasteiger partial charge in [-0.1, -0.05) is 19.3 Å². The van der Waals surface area contributed by atoms with Crippen molar-refractivity contribution in [3.63, 3.8) is 0 Å². The third-order valence-corrected chi connectivity index (χ3v) is 4.04. The number of nitrogens with one attached hydrogen (secondary N) is 2. The Labute approximate surface area is 115 Å². The zero-order valence-corrected chi connectivity index (χ0v) is 11.8. The van der Waals surface area contributed by atoms with Crippen LogP contribution in [0.1, 0.15) is 63.5 Å². The Bertz CT molecular complexity index is 422. The van der Waals surface area contributed by atoms with Crippen molar-refractivity contribution in [2.24, 2.45) is 0 Å². The molecule has 2 aliphatic rings. The zero-order valence-electron chi connectivity index (χ0n) is 11.8. The van der Waals surface area contributed by atoms with Crippen molar-refractivity contribution in [1.29, 1.82) is 0 Å². The molecule has 1 aromatic heterocycles. The van der Waals surface area contributed by atoms with E-state index in [9.17, 15) is 0 Å². The minimum Gasteiger partial charge on any atom is -0.370 e. The van der Waals surface area contributed by atoms with E-state index in [1.54, 1.807) is 0 Å². The molecule has 0 spiro atoms. The van der Waals surface area contributed by atoms with Gasteiger partial charge in [-0.05, 0) is 32.6 Å². The SMILES string of the molecule is CCNc1cc(C2CC2)nc(NC2CCCCC2)n1. The maximum absolute atomic E-state index is 4.71. The molecule has 0 saturated heterocycles. The summed E-state index contributed by atoms with van der Waals surface area (Å²) in [6.45, 7) is 3.01. The molecule has 2 aliphatic carbocycles. The largest absolute Gasteiger partial charge is 0.370 e. The van der Waals surface area contributed by atoms with Gasteiger partial charge in [0.15, 0.2) is 0 Å². The lowest BCUT2D eigenvalue weighted by Gasteiger charge is -2.23. The lowest BCUT2D eigenvalue weighted by Crippen LogP contribution is -2.24. The number of aromatic nitrogens is 2. The van der Waals surface area contributed by atoms with Crippen LogP contribution in [0.5, 0.6) is 0 Å². The summed E-state index contributed by atoms with van der Waals surface area (Å²) in [7, 11) is 0. The highest BCUT2D eigenvalue weighted by molar-refractivity contribution is 5.44.